The Morgan fingerprint density at radius 3 is 2.67 bits per heavy atom. The van der Waals surface area contributed by atoms with Crippen molar-refractivity contribution in [1.82, 2.24) is 9.62 Å². The molecule has 1 saturated heterocycles. The zero-order valence-corrected chi connectivity index (χ0v) is 13.4. The highest BCUT2D eigenvalue weighted by molar-refractivity contribution is 7.89. The van der Waals surface area contributed by atoms with Gasteiger partial charge in [-0.2, -0.15) is 4.31 Å². The molecule has 0 atom stereocenters. The molecule has 0 unspecified atom stereocenters. The Bertz CT molecular complexity index is 584. The second-order valence-corrected chi connectivity index (χ2v) is 6.40. The lowest BCUT2D eigenvalue weighted by Gasteiger charge is -2.20. The van der Waals surface area contributed by atoms with E-state index in [4.69, 9.17) is 0 Å². The van der Waals surface area contributed by atoms with Crippen LogP contribution in [0.2, 0.25) is 0 Å². The Hall–Kier alpha value is -1.15. The highest BCUT2D eigenvalue weighted by Crippen LogP contribution is 2.21. The van der Waals surface area contributed by atoms with Gasteiger partial charge in [0.1, 0.15) is 0 Å². The number of ether oxygens (including phenoxy) is 1. The number of carbonyl (C=O) groups excluding carboxylic acids is 1. The first-order valence-corrected chi connectivity index (χ1v) is 7.89. The summed E-state index contributed by atoms with van der Waals surface area (Å²) in [4.78, 5) is 11.7. The molecule has 1 heterocycles. The van der Waals surface area contributed by atoms with Gasteiger partial charge in [0.2, 0.25) is 10.0 Å². The molecule has 21 heavy (non-hydrogen) atoms. The quantitative estimate of drug-likeness (QED) is 0.830. The Balaban J connectivity index is 0.00000220. The minimum Gasteiger partial charge on any atom is -0.465 e. The van der Waals surface area contributed by atoms with E-state index in [1.807, 2.05) is 0 Å². The number of nitrogens with zero attached hydrogens (tertiary/aromatic N) is 1. The Morgan fingerprint density at radius 2 is 1.95 bits per heavy atom. The maximum absolute atomic E-state index is 12.7. The largest absolute Gasteiger partial charge is 0.465 e. The number of esters is 1. The Labute approximate surface area is 130 Å². The van der Waals surface area contributed by atoms with Gasteiger partial charge in [-0.15, -0.1) is 12.4 Å². The number of methoxy groups -OCH3 is 1. The van der Waals surface area contributed by atoms with Crippen molar-refractivity contribution < 1.29 is 17.9 Å². The molecule has 0 aliphatic carbocycles. The van der Waals surface area contributed by atoms with E-state index in [1.54, 1.807) is 12.1 Å². The smallest absolute Gasteiger partial charge is 0.339 e. The van der Waals surface area contributed by atoms with E-state index in [2.05, 4.69) is 10.1 Å². The zero-order valence-electron chi connectivity index (χ0n) is 11.7. The van der Waals surface area contributed by atoms with Crippen LogP contribution in [0.4, 0.5) is 0 Å². The van der Waals surface area contributed by atoms with Gasteiger partial charge in [0.25, 0.3) is 0 Å². The third-order valence-electron chi connectivity index (χ3n) is 3.21. The van der Waals surface area contributed by atoms with Crippen LogP contribution >= 0.6 is 12.4 Å². The second kappa shape index (κ2) is 7.74. The van der Waals surface area contributed by atoms with Gasteiger partial charge in [-0.1, -0.05) is 12.1 Å². The molecule has 0 aromatic heterocycles. The van der Waals surface area contributed by atoms with Crippen LogP contribution in [0.3, 0.4) is 0 Å². The molecule has 1 aromatic rings. The minimum absolute atomic E-state index is 0. The van der Waals surface area contributed by atoms with E-state index in [-0.39, 0.29) is 22.9 Å². The third-order valence-corrected chi connectivity index (χ3v) is 5.17. The molecule has 0 radical (unpaired) electrons. The molecular formula is C13H19ClN2O4S. The Kier molecular flexibility index (Phi) is 6.60. The molecule has 2 rings (SSSR count). The maximum atomic E-state index is 12.7. The Morgan fingerprint density at radius 1 is 1.24 bits per heavy atom. The molecule has 0 spiro atoms. The van der Waals surface area contributed by atoms with Gasteiger partial charge in [-0.05, 0) is 25.1 Å². The van der Waals surface area contributed by atoms with Crippen LogP contribution in [0.5, 0.6) is 0 Å². The van der Waals surface area contributed by atoms with Gasteiger partial charge < -0.3 is 10.1 Å². The summed E-state index contributed by atoms with van der Waals surface area (Å²) in [5.41, 5.74) is 0.0761. The van der Waals surface area contributed by atoms with E-state index in [9.17, 15) is 13.2 Å². The van der Waals surface area contributed by atoms with Gasteiger partial charge in [-0.3, -0.25) is 0 Å². The molecule has 0 amide bonds. The van der Waals surface area contributed by atoms with E-state index < -0.39 is 16.0 Å². The van der Waals surface area contributed by atoms with Crippen molar-refractivity contribution in [2.75, 3.05) is 33.3 Å². The van der Waals surface area contributed by atoms with Crippen LogP contribution in [-0.2, 0) is 14.8 Å². The predicted molar refractivity (Wildman–Crippen MR) is 81.3 cm³/mol. The first-order valence-electron chi connectivity index (χ1n) is 6.45. The summed E-state index contributed by atoms with van der Waals surface area (Å²) in [6.07, 6.45) is 0.750. The van der Waals surface area contributed by atoms with Gasteiger partial charge in [0, 0.05) is 19.6 Å². The lowest BCUT2D eigenvalue weighted by atomic mass is 10.2. The number of halogens is 1. The van der Waals surface area contributed by atoms with Crippen molar-refractivity contribution in [2.45, 2.75) is 11.3 Å². The molecule has 0 bridgehead atoms. The van der Waals surface area contributed by atoms with Gasteiger partial charge in [-0.25, -0.2) is 13.2 Å². The van der Waals surface area contributed by atoms with Gasteiger partial charge >= 0.3 is 5.97 Å². The number of hydrogen-bond donors (Lipinski definition) is 1. The van der Waals surface area contributed by atoms with Crippen LogP contribution in [0.15, 0.2) is 29.2 Å². The topological polar surface area (TPSA) is 75.7 Å². The SMILES string of the molecule is COC(=O)c1ccccc1S(=O)(=O)N1CCCNCC1.Cl. The van der Waals surface area contributed by atoms with Crippen LogP contribution in [0.25, 0.3) is 0 Å². The van der Waals surface area contributed by atoms with Crippen LogP contribution in [-0.4, -0.2) is 52.0 Å². The molecule has 1 aliphatic heterocycles. The van der Waals surface area contributed by atoms with E-state index in [0.717, 1.165) is 13.0 Å². The van der Waals surface area contributed by atoms with Crippen molar-refractivity contribution in [3.8, 4) is 0 Å². The average Bonchev–Trinajstić information content (AvgIpc) is 2.76. The summed E-state index contributed by atoms with van der Waals surface area (Å²) < 4.78 is 31.4. The predicted octanol–water partition coefficient (Wildman–Crippen LogP) is 0.879. The number of benzene rings is 1. The fourth-order valence-corrected chi connectivity index (χ4v) is 3.83. The highest BCUT2D eigenvalue weighted by atomic mass is 35.5. The van der Waals surface area contributed by atoms with Crippen molar-refractivity contribution >= 4 is 28.4 Å². The van der Waals surface area contributed by atoms with Crippen molar-refractivity contribution in [1.29, 1.82) is 0 Å². The average molecular weight is 335 g/mol. The van der Waals surface area contributed by atoms with Crippen molar-refractivity contribution in [2.24, 2.45) is 0 Å². The summed E-state index contributed by atoms with van der Waals surface area (Å²) in [5.74, 6) is -0.642. The number of sulfonamides is 1. The lowest BCUT2D eigenvalue weighted by molar-refractivity contribution is 0.0596. The number of rotatable bonds is 3. The highest BCUT2D eigenvalue weighted by Gasteiger charge is 2.29. The summed E-state index contributed by atoms with van der Waals surface area (Å²) in [6.45, 7) is 2.26. The fourth-order valence-electron chi connectivity index (χ4n) is 2.17. The number of hydrogen-bond acceptors (Lipinski definition) is 5. The lowest BCUT2D eigenvalue weighted by Crippen LogP contribution is -2.35. The molecular weight excluding hydrogens is 316 g/mol. The molecule has 0 saturated carbocycles. The first kappa shape index (κ1) is 17.9. The van der Waals surface area contributed by atoms with Crippen LogP contribution in [0, 0.1) is 0 Å². The second-order valence-electron chi connectivity index (χ2n) is 4.50. The molecule has 1 N–H and O–H groups in total. The third kappa shape index (κ3) is 3.94. The van der Waals surface area contributed by atoms with E-state index in [1.165, 1.54) is 23.5 Å². The van der Waals surface area contributed by atoms with Crippen LogP contribution in [0.1, 0.15) is 16.8 Å². The minimum atomic E-state index is -3.68. The van der Waals surface area contributed by atoms with Gasteiger partial charge in [0.05, 0.1) is 17.6 Å². The fraction of sp³-hybridized carbons (Fsp3) is 0.462. The molecule has 1 fully saturated rings. The monoisotopic (exact) mass is 334 g/mol. The normalized spacial score (nSPS) is 16.6. The standard InChI is InChI=1S/C13H18N2O4S.ClH/c1-19-13(16)11-5-2-3-6-12(11)20(17,18)15-9-4-7-14-8-10-15;/h2-3,5-6,14H,4,7-10H2,1H3;1H. The first-order chi connectivity index (χ1) is 9.57. The molecule has 1 aliphatic rings. The van der Waals surface area contributed by atoms with Crippen molar-refractivity contribution in [3.63, 3.8) is 0 Å². The molecule has 118 valence electrons. The summed E-state index contributed by atoms with van der Waals surface area (Å²) in [6, 6.07) is 6.14. The summed E-state index contributed by atoms with van der Waals surface area (Å²) in [7, 11) is -2.44. The number of nitrogens with one attached hydrogen (secondary N) is 1. The van der Waals surface area contributed by atoms with E-state index >= 15 is 0 Å². The summed E-state index contributed by atoms with van der Waals surface area (Å²) in [5, 5.41) is 3.15. The molecule has 6 nitrogen and oxygen atoms in total. The van der Waals surface area contributed by atoms with E-state index in [0.29, 0.717) is 19.6 Å². The van der Waals surface area contributed by atoms with Crippen molar-refractivity contribution in [3.05, 3.63) is 29.8 Å². The number of carbonyl (C=O) groups is 1. The zero-order chi connectivity index (χ0) is 14.6. The summed E-state index contributed by atoms with van der Waals surface area (Å²) >= 11 is 0. The molecule has 1 aromatic carbocycles. The van der Waals surface area contributed by atoms with Crippen LogP contribution < -0.4 is 5.32 Å². The molecule has 8 heteroatoms. The maximum Gasteiger partial charge on any atom is 0.339 e. The van der Waals surface area contributed by atoms with Gasteiger partial charge in [0.15, 0.2) is 0 Å².